The zero-order chi connectivity index (χ0) is 16.6. The Labute approximate surface area is 141 Å². The van der Waals surface area contributed by atoms with Crippen molar-refractivity contribution in [2.45, 2.75) is 6.92 Å². The highest BCUT2D eigenvalue weighted by Crippen LogP contribution is 2.32. The van der Waals surface area contributed by atoms with Gasteiger partial charge in [0, 0.05) is 0 Å². The summed E-state index contributed by atoms with van der Waals surface area (Å²) in [6.45, 7) is 1.40. The molecule has 1 aromatic heterocycles. The number of benzene rings is 2. The Bertz CT molecular complexity index is 927. The number of Topliss-reactive ketones (excluding diaryl/α,β-unsaturated/α-hetero) is 1. The molecule has 3 aromatic rings. The summed E-state index contributed by atoms with van der Waals surface area (Å²) < 4.78 is 10.7. The first-order chi connectivity index (χ1) is 11.0. The second-order valence-electron chi connectivity index (χ2n) is 4.85. The van der Waals surface area contributed by atoms with E-state index in [1.165, 1.54) is 31.4 Å². The van der Waals surface area contributed by atoms with Crippen LogP contribution in [0.4, 0.5) is 0 Å². The lowest BCUT2D eigenvalue weighted by Gasteiger charge is -2.09. The average Bonchev–Trinajstić information content (AvgIpc) is 2.98. The van der Waals surface area contributed by atoms with Crippen molar-refractivity contribution in [1.82, 2.24) is 0 Å². The summed E-state index contributed by atoms with van der Waals surface area (Å²) >= 11 is 11.7. The maximum absolute atomic E-state index is 12.4. The van der Waals surface area contributed by atoms with Gasteiger partial charge < -0.3 is 9.15 Å². The number of hydrogen-bond acceptors (Lipinski definition) is 4. The molecule has 0 N–H and O–H groups in total. The van der Waals surface area contributed by atoms with Crippen LogP contribution in [0.2, 0.25) is 10.0 Å². The van der Waals surface area contributed by atoms with Gasteiger partial charge in [-0.1, -0.05) is 23.2 Å². The lowest BCUT2D eigenvalue weighted by atomic mass is 10.1. The second kappa shape index (κ2) is 6.07. The summed E-state index contributed by atoms with van der Waals surface area (Å²) in [5.41, 5.74) is 1.05. The maximum atomic E-state index is 12.4. The predicted molar refractivity (Wildman–Crippen MR) is 87.6 cm³/mol. The van der Waals surface area contributed by atoms with Crippen LogP contribution in [0.3, 0.4) is 0 Å². The normalized spacial score (nSPS) is 10.7. The quantitative estimate of drug-likeness (QED) is 0.372. The molecule has 4 nitrogen and oxygen atoms in total. The lowest BCUT2D eigenvalue weighted by Crippen LogP contribution is -2.11. The van der Waals surface area contributed by atoms with E-state index in [2.05, 4.69) is 0 Å². The number of carbonyl (C=O) groups is 2. The molecule has 1 heterocycles. The molecule has 0 saturated carbocycles. The Hall–Kier alpha value is -2.30. The van der Waals surface area contributed by atoms with Crippen LogP contribution in [-0.2, 0) is 0 Å². The smallest absolute Gasteiger partial charge is 0.343 e. The highest BCUT2D eigenvalue weighted by molar-refractivity contribution is 6.42. The van der Waals surface area contributed by atoms with Crippen LogP contribution in [-0.4, -0.2) is 11.8 Å². The van der Waals surface area contributed by atoms with Crippen LogP contribution >= 0.6 is 23.2 Å². The van der Waals surface area contributed by atoms with E-state index >= 15 is 0 Å². The van der Waals surface area contributed by atoms with Crippen LogP contribution < -0.4 is 4.74 Å². The Morgan fingerprint density at radius 3 is 2.52 bits per heavy atom. The molecule has 0 spiro atoms. The molecule has 3 rings (SSSR count). The molecule has 0 saturated heterocycles. The summed E-state index contributed by atoms with van der Waals surface area (Å²) in [6, 6.07) is 9.27. The lowest BCUT2D eigenvalue weighted by molar-refractivity contribution is 0.0735. The van der Waals surface area contributed by atoms with E-state index in [0.29, 0.717) is 21.6 Å². The Morgan fingerprint density at radius 1 is 1.04 bits per heavy atom. The first kappa shape index (κ1) is 15.6. The van der Waals surface area contributed by atoms with Crippen molar-refractivity contribution in [1.29, 1.82) is 0 Å². The van der Waals surface area contributed by atoms with Gasteiger partial charge in [-0.3, -0.25) is 4.79 Å². The van der Waals surface area contributed by atoms with Crippen molar-refractivity contribution in [2.75, 3.05) is 0 Å². The van der Waals surface area contributed by atoms with E-state index in [4.69, 9.17) is 32.4 Å². The highest BCUT2D eigenvalue weighted by atomic mass is 35.5. The van der Waals surface area contributed by atoms with Gasteiger partial charge in [0.15, 0.2) is 11.5 Å². The van der Waals surface area contributed by atoms with E-state index in [0.717, 1.165) is 0 Å². The number of carbonyl (C=O) groups excluding carboxylic acids is 2. The van der Waals surface area contributed by atoms with E-state index in [1.807, 2.05) is 0 Å². The molecule has 0 unspecified atom stereocenters. The molecular formula is C17H10Cl2O4. The second-order valence-corrected chi connectivity index (χ2v) is 5.66. The summed E-state index contributed by atoms with van der Waals surface area (Å²) in [7, 11) is 0. The van der Waals surface area contributed by atoms with Crippen LogP contribution in [0, 0.1) is 0 Å². The van der Waals surface area contributed by atoms with Gasteiger partial charge in [0.2, 0.25) is 0 Å². The topological polar surface area (TPSA) is 56.5 Å². The van der Waals surface area contributed by atoms with Gasteiger partial charge in [-0.2, -0.15) is 0 Å². The zero-order valence-corrected chi connectivity index (χ0v) is 13.4. The SMILES string of the molecule is CC(=O)c1ccc2occc2c1OC(=O)c1ccc(Cl)c(Cl)c1. The van der Waals surface area contributed by atoms with E-state index in [-0.39, 0.29) is 22.1 Å². The van der Waals surface area contributed by atoms with Gasteiger partial charge in [0.25, 0.3) is 0 Å². The van der Waals surface area contributed by atoms with Gasteiger partial charge in [0.1, 0.15) is 5.58 Å². The fourth-order valence-electron chi connectivity index (χ4n) is 2.18. The van der Waals surface area contributed by atoms with Crippen LogP contribution in [0.25, 0.3) is 11.0 Å². The monoisotopic (exact) mass is 348 g/mol. The van der Waals surface area contributed by atoms with Crippen LogP contribution in [0.5, 0.6) is 5.75 Å². The maximum Gasteiger partial charge on any atom is 0.343 e. The molecule has 0 aliphatic rings. The van der Waals surface area contributed by atoms with Crippen molar-refractivity contribution >= 4 is 45.9 Å². The highest BCUT2D eigenvalue weighted by Gasteiger charge is 2.19. The number of ketones is 1. The molecule has 0 aliphatic carbocycles. The number of halogens is 2. The number of ether oxygens (including phenoxy) is 1. The van der Waals surface area contributed by atoms with E-state index in [9.17, 15) is 9.59 Å². The van der Waals surface area contributed by atoms with Crippen LogP contribution in [0.15, 0.2) is 47.1 Å². The minimum Gasteiger partial charge on any atom is -0.464 e. The number of fused-ring (bicyclic) bond motifs is 1. The third kappa shape index (κ3) is 2.96. The van der Waals surface area contributed by atoms with Gasteiger partial charge >= 0.3 is 5.97 Å². The van der Waals surface area contributed by atoms with Crippen LogP contribution in [0.1, 0.15) is 27.6 Å². The van der Waals surface area contributed by atoms with Gasteiger partial charge in [-0.25, -0.2) is 4.79 Å². The Balaban J connectivity index is 2.04. The molecular weight excluding hydrogens is 339 g/mol. The fourth-order valence-corrected chi connectivity index (χ4v) is 2.48. The third-order valence-electron chi connectivity index (χ3n) is 3.32. The molecule has 0 aliphatic heterocycles. The summed E-state index contributed by atoms with van der Waals surface area (Å²) in [5.74, 6) is -0.690. The molecule has 116 valence electrons. The Morgan fingerprint density at radius 2 is 1.83 bits per heavy atom. The number of furan rings is 1. The van der Waals surface area contributed by atoms with Crippen molar-refractivity contribution in [3.63, 3.8) is 0 Å². The summed E-state index contributed by atoms with van der Waals surface area (Å²) in [6.07, 6.45) is 1.46. The fraction of sp³-hybridized carbons (Fsp3) is 0.0588. The molecule has 2 aromatic carbocycles. The first-order valence-corrected chi connectivity index (χ1v) is 7.41. The molecule has 0 bridgehead atoms. The molecule has 0 radical (unpaired) electrons. The average molecular weight is 349 g/mol. The zero-order valence-electron chi connectivity index (χ0n) is 11.9. The predicted octanol–water partition coefficient (Wildman–Crippen LogP) is 5.16. The number of esters is 1. The van der Waals surface area contributed by atoms with E-state index in [1.54, 1.807) is 18.2 Å². The molecule has 6 heteroatoms. The third-order valence-corrected chi connectivity index (χ3v) is 4.05. The minimum atomic E-state index is -0.639. The largest absolute Gasteiger partial charge is 0.464 e. The summed E-state index contributed by atoms with van der Waals surface area (Å²) in [4.78, 5) is 24.1. The number of hydrogen-bond donors (Lipinski definition) is 0. The van der Waals surface area contributed by atoms with Crippen molar-refractivity contribution in [3.05, 3.63) is 63.8 Å². The standard InChI is InChI=1S/C17H10Cl2O4/c1-9(20)11-3-5-15-12(6-7-22-15)16(11)23-17(21)10-2-4-13(18)14(19)8-10/h2-8H,1H3. The van der Waals surface area contributed by atoms with E-state index < -0.39 is 5.97 Å². The molecule has 0 atom stereocenters. The van der Waals surface area contributed by atoms with Crippen molar-refractivity contribution in [2.24, 2.45) is 0 Å². The van der Waals surface area contributed by atoms with Crippen molar-refractivity contribution < 1.29 is 18.7 Å². The summed E-state index contributed by atoms with van der Waals surface area (Å²) in [5, 5.41) is 1.13. The van der Waals surface area contributed by atoms with Gasteiger partial charge in [-0.15, -0.1) is 0 Å². The molecule has 23 heavy (non-hydrogen) atoms. The number of rotatable bonds is 3. The van der Waals surface area contributed by atoms with Crippen molar-refractivity contribution in [3.8, 4) is 5.75 Å². The molecule has 0 amide bonds. The Kier molecular flexibility index (Phi) is 4.11. The van der Waals surface area contributed by atoms with Gasteiger partial charge in [0.05, 0.1) is 32.8 Å². The van der Waals surface area contributed by atoms with Gasteiger partial charge in [-0.05, 0) is 43.3 Å². The minimum absolute atomic E-state index is 0.167. The molecule has 0 fully saturated rings. The first-order valence-electron chi connectivity index (χ1n) is 6.66.